The highest BCUT2D eigenvalue weighted by Crippen LogP contribution is 2.04. The lowest BCUT2D eigenvalue weighted by atomic mass is 10.2. The largest absolute Gasteiger partial charge is 0.370 e. The molecule has 112 valence electrons. The van der Waals surface area contributed by atoms with Gasteiger partial charge >= 0.3 is 0 Å². The van der Waals surface area contributed by atoms with Crippen molar-refractivity contribution in [3.05, 3.63) is 12.2 Å². The molecule has 1 fully saturated rings. The fourth-order valence-corrected chi connectivity index (χ4v) is 1.91. The smallest absolute Gasteiger partial charge is 0.188 e. The summed E-state index contributed by atoms with van der Waals surface area (Å²) in [6, 6.07) is 0.448. The summed E-state index contributed by atoms with van der Waals surface area (Å²) in [5.74, 6) is 0.513. The molecule has 0 aromatic rings. The van der Waals surface area contributed by atoms with Gasteiger partial charge in [-0.15, -0.1) is 24.0 Å². The van der Waals surface area contributed by atoms with Gasteiger partial charge in [-0.3, -0.25) is 9.89 Å². The van der Waals surface area contributed by atoms with Crippen LogP contribution in [0.15, 0.2) is 17.1 Å². The number of halogens is 1. The molecule has 1 aliphatic heterocycles. The monoisotopic (exact) mass is 381 g/mol. The molecule has 1 saturated heterocycles. The summed E-state index contributed by atoms with van der Waals surface area (Å²) >= 11 is 0. The van der Waals surface area contributed by atoms with Crippen molar-refractivity contribution >= 4 is 29.9 Å². The SMILES string of the molecule is C=C(C)CNC(N)=NCC(C)N1CCN(C)CC1.I. The van der Waals surface area contributed by atoms with Gasteiger partial charge < -0.3 is 16.0 Å². The second kappa shape index (κ2) is 9.55. The number of guanidine groups is 1. The average molecular weight is 381 g/mol. The van der Waals surface area contributed by atoms with Crippen molar-refractivity contribution in [2.24, 2.45) is 10.7 Å². The van der Waals surface area contributed by atoms with Crippen LogP contribution in [0.25, 0.3) is 0 Å². The second-order valence-electron chi connectivity index (χ2n) is 5.22. The van der Waals surface area contributed by atoms with Crippen LogP contribution < -0.4 is 11.1 Å². The van der Waals surface area contributed by atoms with Gasteiger partial charge in [0.1, 0.15) is 0 Å². The molecule has 1 atom stereocenters. The van der Waals surface area contributed by atoms with Crippen molar-refractivity contribution in [1.29, 1.82) is 0 Å². The lowest BCUT2D eigenvalue weighted by Gasteiger charge is -2.35. The average Bonchev–Trinajstić information content (AvgIpc) is 2.34. The number of hydrogen-bond donors (Lipinski definition) is 2. The van der Waals surface area contributed by atoms with Gasteiger partial charge in [0, 0.05) is 38.8 Å². The number of nitrogens with two attached hydrogens (primary N) is 1. The second-order valence-corrected chi connectivity index (χ2v) is 5.22. The zero-order chi connectivity index (χ0) is 13.5. The predicted octanol–water partition coefficient (Wildman–Crippen LogP) is 0.721. The van der Waals surface area contributed by atoms with E-state index in [0.29, 0.717) is 18.5 Å². The Labute approximate surface area is 134 Å². The van der Waals surface area contributed by atoms with Crippen molar-refractivity contribution in [3.8, 4) is 0 Å². The van der Waals surface area contributed by atoms with Gasteiger partial charge in [0.2, 0.25) is 0 Å². The molecule has 1 rings (SSSR count). The van der Waals surface area contributed by atoms with Gasteiger partial charge in [-0.05, 0) is 20.9 Å². The molecular formula is C13H28IN5. The fraction of sp³-hybridized carbons (Fsp3) is 0.769. The molecule has 0 bridgehead atoms. The number of hydrogen-bond acceptors (Lipinski definition) is 3. The van der Waals surface area contributed by atoms with Crippen LogP contribution in [0.3, 0.4) is 0 Å². The first-order chi connectivity index (χ1) is 8.49. The molecule has 0 aromatic heterocycles. The molecule has 0 radical (unpaired) electrons. The van der Waals surface area contributed by atoms with Gasteiger partial charge in [-0.2, -0.15) is 0 Å². The van der Waals surface area contributed by atoms with Crippen LogP contribution in [0, 0.1) is 0 Å². The summed E-state index contributed by atoms with van der Waals surface area (Å²) in [5, 5.41) is 3.05. The molecule has 0 amide bonds. The summed E-state index contributed by atoms with van der Waals surface area (Å²) < 4.78 is 0. The highest BCUT2D eigenvalue weighted by Gasteiger charge is 2.18. The predicted molar refractivity (Wildman–Crippen MR) is 93.3 cm³/mol. The van der Waals surface area contributed by atoms with E-state index in [9.17, 15) is 0 Å². The minimum Gasteiger partial charge on any atom is -0.370 e. The third-order valence-corrected chi connectivity index (χ3v) is 3.26. The van der Waals surface area contributed by atoms with E-state index in [1.54, 1.807) is 0 Å². The zero-order valence-corrected chi connectivity index (χ0v) is 14.7. The first-order valence-corrected chi connectivity index (χ1v) is 6.60. The minimum atomic E-state index is 0. The summed E-state index contributed by atoms with van der Waals surface area (Å²) in [4.78, 5) is 9.20. The van der Waals surface area contributed by atoms with E-state index in [1.165, 1.54) is 0 Å². The number of piperazine rings is 1. The summed E-state index contributed by atoms with van der Waals surface area (Å²) in [5.41, 5.74) is 6.85. The number of nitrogens with zero attached hydrogens (tertiary/aromatic N) is 3. The molecule has 1 heterocycles. The van der Waals surface area contributed by atoms with Crippen molar-refractivity contribution in [3.63, 3.8) is 0 Å². The number of aliphatic imine (C=N–C) groups is 1. The normalized spacial score (nSPS) is 19.6. The molecule has 0 aromatic carbocycles. The summed E-state index contributed by atoms with van der Waals surface area (Å²) in [7, 11) is 2.17. The summed E-state index contributed by atoms with van der Waals surface area (Å²) in [6.45, 7) is 13.9. The van der Waals surface area contributed by atoms with Crippen molar-refractivity contribution in [2.75, 3.05) is 46.3 Å². The molecule has 1 aliphatic rings. The van der Waals surface area contributed by atoms with Crippen LogP contribution >= 0.6 is 24.0 Å². The van der Waals surface area contributed by atoms with E-state index in [0.717, 1.165) is 38.3 Å². The molecular weight excluding hydrogens is 353 g/mol. The Kier molecular flexibility index (Phi) is 9.38. The fourth-order valence-electron chi connectivity index (χ4n) is 1.91. The van der Waals surface area contributed by atoms with Gasteiger partial charge in [-0.1, -0.05) is 12.2 Å². The van der Waals surface area contributed by atoms with Crippen LogP contribution in [0.1, 0.15) is 13.8 Å². The van der Waals surface area contributed by atoms with Crippen LogP contribution in [-0.4, -0.2) is 68.1 Å². The Balaban J connectivity index is 0.00000324. The lowest BCUT2D eigenvalue weighted by molar-refractivity contribution is 0.122. The molecule has 0 spiro atoms. The Morgan fingerprint density at radius 2 is 1.95 bits per heavy atom. The molecule has 3 N–H and O–H groups in total. The number of rotatable bonds is 5. The lowest BCUT2D eigenvalue weighted by Crippen LogP contribution is -2.49. The van der Waals surface area contributed by atoms with Crippen LogP contribution in [0.2, 0.25) is 0 Å². The Bertz CT molecular complexity index is 297. The molecule has 19 heavy (non-hydrogen) atoms. The minimum absolute atomic E-state index is 0. The molecule has 0 saturated carbocycles. The molecule has 0 aliphatic carbocycles. The maximum atomic E-state index is 5.79. The first-order valence-electron chi connectivity index (χ1n) is 6.60. The quantitative estimate of drug-likeness (QED) is 0.319. The highest BCUT2D eigenvalue weighted by atomic mass is 127. The standard InChI is InChI=1S/C13H27N5.HI/c1-11(2)9-15-13(14)16-10-12(3)18-7-5-17(4)6-8-18;/h12H,1,5-10H2,2-4H3,(H3,14,15,16);1H. The maximum Gasteiger partial charge on any atom is 0.188 e. The van der Waals surface area contributed by atoms with Gasteiger partial charge in [0.05, 0.1) is 6.54 Å². The van der Waals surface area contributed by atoms with Crippen molar-refractivity contribution in [2.45, 2.75) is 19.9 Å². The summed E-state index contributed by atoms with van der Waals surface area (Å²) in [6.07, 6.45) is 0. The number of nitrogens with one attached hydrogen (secondary N) is 1. The van der Waals surface area contributed by atoms with Crippen LogP contribution in [0.5, 0.6) is 0 Å². The maximum absolute atomic E-state index is 5.79. The Morgan fingerprint density at radius 3 is 2.47 bits per heavy atom. The Hall–Kier alpha value is -0.340. The van der Waals surface area contributed by atoms with Crippen LogP contribution in [0.4, 0.5) is 0 Å². The molecule has 5 nitrogen and oxygen atoms in total. The van der Waals surface area contributed by atoms with E-state index < -0.39 is 0 Å². The van der Waals surface area contributed by atoms with Crippen molar-refractivity contribution < 1.29 is 0 Å². The third kappa shape index (κ3) is 7.74. The van der Waals surface area contributed by atoms with E-state index in [1.807, 2.05) is 6.92 Å². The van der Waals surface area contributed by atoms with Gasteiger partial charge in [0.15, 0.2) is 5.96 Å². The van der Waals surface area contributed by atoms with E-state index in [4.69, 9.17) is 5.73 Å². The Morgan fingerprint density at radius 1 is 1.37 bits per heavy atom. The van der Waals surface area contributed by atoms with Crippen molar-refractivity contribution in [1.82, 2.24) is 15.1 Å². The van der Waals surface area contributed by atoms with E-state index in [-0.39, 0.29) is 24.0 Å². The highest BCUT2D eigenvalue weighted by molar-refractivity contribution is 14.0. The van der Waals surface area contributed by atoms with Gasteiger partial charge in [-0.25, -0.2) is 0 Å². The molecule has 6 heteroatoms. The van der Waals surface area contributed by atoms with Gasteiger partial charge in [0.25, 0.3) is 0 Å². The van der Waals surface area contributed by atoms with Crippen LogP contribution in [-0.2, 0) is 0 Å². The topological polar surface area (TPSA) is 56.9 Å². The molecule has 1 unspecified atom stereocenters. The van der Waals surface area contributed by atoms with E-state index in [2.05, 4.69) is 40.7 Å². The first kappa shape index (κ1) is 18.7. The third-order valence-electron chi connectivity index (χ3n) is 3.26. The number of likely N-dealkylation sites (N-methyl/N-ethyl adjacent to an activating group) is 1. The zero-order valence-electron chi connectivity index (χ0n) is 12.4. The van der Waals surface area contributed by atoms with E-state index >= 15 is 0 Å².